The molecule has 7 heteroatoms. The summed E-state index contributed by atoms with van der Waals surface area (Å²) in [7, 11) is 1.56. The number of unbranched alkanes of at least 4 members (excludes halogenated alkanes) is 4. The Kier molecular flexibility index (Phi) is 11.7. The number of phenolic OH excluding ortho intramolecular Hbond substituents is 3. The number of methoxy groups -OCH3 is 1. The van der Waals surface area contributed by atoms with Gasteiger partial charge in [0, 0.05) is 19.8 Å². The molecule has 1 unspecified atom stereocenters. The number of aromatic hydroxyl groups is 3. The van der Waals surface area contributed by atoms with E-state index in [-0.39, 0.29) is 17.2 Å². The third kappa shape index (κ3) is 9.34. The van der Waals surface area contributed by atoms with Gasteiger partial charge in [-0.2, -0.15) is 0 Å². The first-order valence-corrected chi connectivity index (χ1v) is 11.4. The van der Waals surface area contributed by atoms with Gasteiger partial charge in [-0.1, -0.05) is 25.0 Å². The Labute approximate surface area is 190 Å². The highest BCUT2D eigenvalue weighted by atomic mass is 16.5. The molecule has 2 aromatic rings. The van der Waals surface area contributed by atoms with Crippen LogP contribution in [0.1, 0.15) is 55.8 Å². The molecule has 32 heavy (non-hydrogen) atoms. The van der Waals surface area contributed by atoms with E-state index in [1.807, 2.05) is 12.1 Å². The number of ether oxygens (including phenoxy) is 2. The molecule has 0 aromatic heterocycles. The third-order valence-corrected chi connectivity index (χ3v) is 5.36. The Morgan fingerprint density at radius 2 is 1.53 bits per heavy atom. The predicted octanol–water partition coefficient (Wildman–Crippen LogP) is 4.03. The summed E-state index contributed by atoms with van der Waals surface area (Å²) < 4.78 is 10.8. The van der Waals surface area contributed by atoms with E-state index in [1.165, 1.54) is 12.1 Å². The van der Waals surface area contributed by atoms with Crippen LogP contribution < -0.4 is 10.1 Å². The molecule has 0 bridgehead atoms. The maximum absolute atomic E-state index is 10.1. The summed E-state index contributed by atoms with van der Waals surface area (Å²) in [5.74, 6) is 0.278. The molecule has 0 radical (unpaired) electrons. The van der Waals surface area contributed by atoms with Gasteiger partial charge in [-0.3, -0.25) is 0 Å². The minimum atomic E-state index is -0.717. The number of benzene rings is 2. The van der Waals surface area contributed by atoms with E-state index in [0.717, 1.165) is 70.3 Å². The van der Waals surface area contributed by atoms with Crippen LogP contribution >= 0.6 is 0 Å². The standard InChI is InChI=1S/C25H37NO6/c1-31-25-16-19(9-11-22(25)28)8-4-7-15-32-14-6-3-2-5-13-26-18-24(30)20-10-12-21(27)23(29)17-20/h9-12,16-17,24,26-30H,2-8,13-15,18H2,1H3. The topological polar surface area (TPSA) is 111 Å². The molecular formula is C25H37NO6. The Bertz CT molecular complexity index is 798. The summed E-state index contributed by atoms with van der Waals surface area (Å²) in [5, 5.41) is 41.7. The van der Waals surface area contributed by atoms with Crippen LogP contribution in [0.5, 0.6) is 23.0 Å². The van der Waals surface area contributed by atoms with Crippen molar-refractivity contribution in [3.63, 3.8) is 0 Å². The Hall–Kier alpha value is -2.48. The van der Waals surface area contributed by atoms with Crippen molar-refractivity contribution >= 4 is 0 Å². The zero-order chi connectivity index (χ0) is 23.2. The highest BCUT2D eigenvalue weighted by Gasteiger charge is 2.09. The lowest BCUT2D eigenvalue weighted by molar-refractivity contribution is 0.126. The zero-order valence-electron chi connectivity index (χ0n) is 18.9. The van der Waals surface area contributed by atoms with Crippen molar-refractivity contribution in [2.24, 2.45) is 0 Å². The Balaban J connectivity index is 1.40. The first-order chi connectivity index (χ1) is 15.5. The average molecular weight is 448 g/mol. The largest absolute Gasteiger partial charge is 0.504 e. The molecule has 0 amide bonds. The molecule has 2 rings (SSSR count). The van der Waals surface area contributed by atoms with Crippen molar-refractivity contribution < 1.29 is 29.9 Å². The number of rotatable bonds is 16. The molecule has 178 valence electrons. The summed E-state index contributed by atoms with van der Waals surface area (Å²) >= 11 is 0. The average Bonchev–Trinajstić information content (AvgIpc) is 2.79. The molecule has 0 spiro atoms. The maximum Gasteiger partial charge on any atom is 0.160 e. The minimum absolute atomic E-state index is 0.170. The number of aliphatic hydroxyl groups is 1. The SMILES string of the molecule is COc1cc(CCCCOCCCCCCNCC(O)c2ccc(O)c(O)c2)ccc1O. The lowest BCUT2D eigenvalue weighted by Gasteiger charge is -2.13. The number of hydrogen-bond acceptors (Lipinski definition) is 7. The van der Waals surface area contributed by atoms with Crippen molar-refractivity contribution in [1.82, 2.24) is 5.32 Å². The molecule has 0 aliphatic rings. The van der Waals surface area contributed by atoms with Crippen molar-refractivity contribution in [3.05, 3.63) is 47.5 Å². The van der Waals surface area contributed by atoms with Gasteiger partial charge in [0.1, 0.15) is 0 Å². The molecule has 0 heterocycles. The van der Waals surface area contributed by atoms with E-state index in [9.17, 15) is 20.4 Å². The van der Waals surface area contributed by atoms with Gasteiger partial charge >= 0.3 is 0 Å². The van der Waals surface area contributed by atoms with Crippen LogP contribution in [0.25, 0.3) is 0 Å². The van der Waals surface area contributed by atoms with Crippen LogP contribution in [0.4, 0.5) is 0 Å². The van der Waals surface area contributed by atoms with Crippen molar-refractivity contribution in [2.45, 2.75) is 51.0 Å². The van der Waals surface area contributed by atoms with E-state index in [2.05, 4.69) is 5.32 Å². The van der Waals surface area contributed by atoms with Crippen LogP contribution in [0.3, 0.4) is 0 Å². The third-order valence-electron chi connectivity index (χ3n) is 5.36. The first kappa shape index (κ1) is 25.8. The molecule has 0 aliphatic carbocycles. The van der Waals surface area contributed by atoms with Crippen molar-refractivity contribution in [2.75, 3.05) is 33.4 Å². The van der Waals surface area contributed by atoms with E-state index in [1.54, 1.807) is 19.2 Å². The fourth-order valence-corrected chi connectivity index (χ4v) is 3.42. The van der Waals surface area contributed by atoms with Gasteiger partial charge in [0.25, 0.3) is 0 Å². The molecule has 0 fully saturated rings. The normalized spacial score (nSPS) is 12.1. The van der Waals surface area contributed by atoms with E-state index >= 15 is 0 Å². The van der Waals surface area contributed by atoms with Crippen LogP contribution in [0.15, 0.2) is 36.4 Å². The van der Waals surface area contributed by atoms with Crippen molar-refractivity contribution in [3.8, 4) is 23.0 Å². The smallest absolute Gasteiger partial charge is 0.160 e. The lowest BCUT2D eigenvalue weighted by atomic mass is 10.1. The Morgan fingerprint density at radius 1 is 0.812 bits per heavy atom. The van der Waals surface area contributed by atoms with Gasteiger partial charge in [0.15, 0.2) is 23.0 Å². The quantitative estimate of drug-likeness (QED) is 0.195. The summed E-state index contributed by atoms with van der Waals surface area (Å²) in [6, 6.07) is 9.83. The summed E-state index contributed by atoms with van der Waals surface area (Å²) in [6.07, 6.45) is 6.57. The van der Waals surface area contributed by atoms with E-state index in [4.69, 9.17) is 9.47 Å². The monoisotopic (exact) mass is 447 g/mol. The molecule has 0 saturated heterocycles. The number of aliphatic hydroxyl groups excluding tert-OH is 1. The van der Waals surface area contributed by atoms with Crippen LogP contribution in [0, 0.1) is 0 Å². The van der Waals surface area contributed by atoms with E-state index in [0.29, 0.717) is 17.9 Å². The fourth-order valence-electron chi connectivity index (χ4n) is 3.42. The maximum atomic E-state index is 10.1. The highest BCUT2D eigenvalue weighted by molar-refractivity contribution is 5.42. The Morgan fingerprint density at radius 3 is 2.28 bits per heavy atom. The second-order valence-corrected chi connectivity index (χ2v) is 7.96. The van der Waals surface area contributed by atoms with Gasteiger partial charge in [-0.15, -0.1) is 0 Å². The second kappa shape index (κ2) is 14.6. The number of nitrogens with one attached hydrogen (secondary N) is 1. The molecule has 1 atom stereocenters. The van der Waals surface area contributed by atoms with Crippen LogP contribution in [-0.4, -0.2) is 53.8 Å². The van der Waals surface area contributed by atoms with Gasteiger partial charge < -0.3 is 35.2 Å². The van der Waals surface area contributed by atoms with Gasteiger partial charge in [0.2, 0.25) is 0 Å². The number of hydrogen-bond donors (Lipinski definition) is 5. The molecule has 0 aliphatic heterocycles. The van der Waals surface area contributed by atoms with Gasteiger partial charge in [0.05, 0.1) is 13.2 Å². The summed E-state index contributed by atoms with van der Waals surface area (Å²) in [5.41, 5.74) is 1.73. The summed E-state index contributed by atoms with van der Waals surface area (Å²) in [6.45, 7) is 2.78. The van der Waals surface area contributed by atoms with Crippen molar-refractivity contribution in [1.29, 1.82) is 0 Å². The van der Waals surface area contributed by atoms with Crippen LogP contribution in [0.2, 0.25) is 0 Å². The van der Waals surface area contributed by atoms with Gasteiger partial charge in [-0.25, -0.2) is 0 Å². The van der Waals surface area contributed by atoms with Crippen LogP contribution in [-0.2, 0) is 11.2 Å². The minimum Gasteiger partial charge on any atom is -0.504 e. The molecule has 5 N–H and O–H groups in total. The predicted molar refractivity (Wildman–Crippen MR) is 124 cm³/mol. The lowest BCUT2D eigenvalue weighted by Crippen LogP contribution is -2.22. The van der Waals surface area contributed by atoms with Gasteiger partial charge in [-0.05, 0) is 74.0 Å². The molecule has 2 aromatic carbocycles. The molecule has 0 saturated carbocycles. The number of phenols is 3. The zero-order valence-corrected chi connectivity index (χ0v) is 18.9. The van der Waals surface area contributed by atoms with E-state index < -0.39 is 6.10 Å². The fraction of sp³-hybridized carbons (Fsp3) is 0.520. The molecular weight excluding hydrogens is 410 g/mol. The highest BCUT2D eigenvalue weighted by Crippen LogP contribution is 2.28. The second-order valence-electron chi connectivity index (χ2n) is 7.96. The first-order valence-electron chi connectivity index (χ1n) is 11.4. The number of aryl methyl sites for hydroxylation is 1. The molecule has 7 nitrogen and oxygen atoms in total. The summed E-state index contributed by atoms with van der Waals surface area (Å²) in [4.78, 5) is 0.